The summed E-state index contributed by atoms with van der Waals surface area (Å²) in [5.74, 6) is -0.257. The SMILES string of the molecule is NC(=O)/C=C/c1ccc(C2CCCN2Cc2cnn3ccccc23)c(O)c1. The highest BCUT2D eigenvalue weighted by molar-refractivity contribution is 5.90. The molecule has 3 heterocycles. The van der Waals surface area contributed by atoms with E-state index in [-0.39, 0.29) is 11.8 Å². The Balaban J connectivity index is 1.57. The van der Waals surface area contributed by atoms with Crippen LogP contribution in [0.15, 0.2) is 54.9 Å². The summed E-state index contributed by atoms with van der Waals surface area (Å²) in [4.78, 5) is 13.3. The van der Waals surface area contributed by atoms with Gasteiger partial charge in [-0.05, 0) is 49.2 Å². The first-order valence-electron chi connectivity index (χ1n) is 9.07. The van der Waals surface area contributed by atoms with Gasteiger partial charge in [-0.25, -0.2) is 4.52 Å². The minimum Gasteiger partial charge on any atom is -0.508 e. The molecule has 3 aromatic rings. The third-order valence-electron chi connectivity index (χ3n) is 5.10. The van der Waals surface area contributed by atoms with E-state index in [0.717, 1.165) is 42.6 Å². The molecule has 0 bridgehead atoms. The van der Waals surface area contributed by atoms with Crippen LogP contribution in [-0.2, 0) is 11.3 Å². The van der Waals surface area contributed by atoms with Crippen molar-refractivity contribution < 1.29 is 9.90 Å². The fourth-order valence-corrected chi connectivity index (χ4v) is 3.82. The fourth-order valence-electron chi connectivity index (χ4n) is 3.82. The lowest BCUT2D eigenvalue weighted by molar-refractivity contribution is -0.113. The predicted molar refractivity (Wildman–Crippen MR) is 104 cm³/mol. The average molecular weight is 362 g/mol. The summed E-state index contributed by atoms with van der Waals surface area (Å²) in [6.07, 6.45) is 8.86. The third-order valence-corrected chi connectivity index (χ3v) is 5.10. The lowest BCUT2D eigenvalue weighted by atomic mass is 10.0. The average Bonchev–Trinajstić information content (AvgIpc) is 3.28. The summed E-state index contributed by atoms with van der Waals surface area (Å²) in [5, 5.41) is 15.0. The van der Waals surface area contributed by atoms with Crippen LogP contribution in [0.5, 0.6) is 5.75 Å². The first kappa shape index (κ1) is 17.3. The lowest BCUT2D eigenvalue weighted by Crippen LogP contribution is -2.22. The lowest BCUT2D eigenvalue weighted by Gasteiger charge is -2.25. The van der Waals surface area contributed by atoms with Crippen molar-refractivity contribution >= 4 is 17.5 Å². The maximum absolute atomic E-state index is 10.9. The van der Waals surface area contributed by atoms with Crippen molar-refractivity contribution in [2.24, 2.45) is 5.73 Å². The Kier molecular flexibility index (Phi) is 4.64. The molecule has 0 spiro atoms. The predicted octanol–water partition coefficient (Wildman–Crippen LogP) is 2.88. The Bertz CT molecular complexity index is 1010. The van der Waals surface area contributed by atoms with Crippen LogP contribution in [-0.4, -0.2) is 32.1 Å². The number of phenols is 1. The van der Waals surface area contributed by atoms with E-state index in [1.54, 1.807) is 12.1 Å². The molecule has 6 nitrogen and oxygen atoms in total. The number of nitrogens with two attached hydrogens (primary N) is 1. The van der Waals surface area contributed by atoms with E-state index in [1.807, 2.05) is 41.2 Å². The monoisotopic (exact) mass is 362 g/mol. The molecule has 1 aromatic carbocycles. The Hall–Kier alpha value is -3.12. The van der Waals surface area contributed by atoms with Crippen molar-refractivity contribution in [3.63, 3.8) is 0 Å². The van der Waals surface area contributed by atoms with Crippen molar-refractivity contribution in [1.29, 1.82) is 0 Å². The number of fused-ring (bicyclic) bond motifs is 1. The first-order chi connectivity index (χ1) is 13.1. The topological polar surface area (TPSA) is 83.9 Å². The second-order valence-electron chi connectivity index (χ2n) is 6.88. The van der Waals surface area contributed by atoms with Gasteiger partial charge in [0.25, 0.3) is 0 Å². The second kappa shape index (κ2) is 7.25. The number of aromatic nitrogens is 2. The Morgan fingerprint density at radius 2 is 2.22 bits per heavy atom. The van der Waals surface area contributed by atoms with Crippen LogP contribution in [0, 0.1) is 0 Å². The molecule has 1 amide bonds. The molecule has 6 heteroatoms. The molecule has 1 atom stereocenters. The normalized spacial score (nSPS) is 17.9. The molecule has 1 fully saturated rings. The van der Waals surface area contributed by atoms with Gasteiger partial charge in [0.1, 0.15) is 5.75 Å². The Morgan fingerprint density at radius 1 is 1.33 bits per heavy atom. The zero-order chi connectivity index (χ0) is 18.8. The van der Waals surface area contributed by atoms with Gasteiger partial charge in [-0.1, -0.05) is 18.2 Å². The van der Waals surface area contributed by atoms with E-state index in [0.29, 0.717) is 0 Å². The summed E-state index contributed by atoms with van der Waals surface area (Å²) in [7, 11) is 0. The van der Waals surface area contributed by atoms with Crippen LogP contribution in [0.2, 0.25) is 0 Å². The van der Waals surface area contributed by atoms with Gasteiger partial charge in [0, 0.05) is 36.0 Å². The number of carbonyl (C=O) groups excluding carboxylic acids is 1. The van der Waals surface area contributed by atoms with E-state index < -0.39 is 5.91 Å². The van der Waals surface area contributed by atoms with E-state index in [9.17, 15) is 9.90 Å². The number of carbonyl (C=O) groups is 1. The molecular weight excluding hydrogens is 340 g/mol. The number of amides is 1. The number of aromatic hydroxyl groups is 1. The zero-order valence-electron chi connectivity index (χ0n) is 15.0. The van der Waals surface area contributed by atoms with E-state index in [1.165, 1.54) is 11.6 Å². The second-order valence-corrected chi connectivity index (χ2v) is 6.88. The summed E-state index contributed by atoms with van der Waals surface area (Å²) in [5.41, 5.74) is 9.09. The largest absolute Gasteiger partial charge is 0.508 e. The first-order valence-corrected chi connectivity index (χ1v) is 9.07. The van der Waals surface area contributed by atoms with E-state index >= 15 is 0 Å². The summed E-state index contributed by atoms with van der Waals surface area (Å²) >= 11 is 0. The van der Waals surface area contributed by atoms with Gasteiger partial charge in [0.2, 0.25) is 5.91 Å². The highest BCUT2D eigenvalue weighted by Crippen LogP contribution is 2.38. The number of pyridine rings is 1. The molecule has 0 aliphatic carbocycles. The fraction of sp³-hybridized carbons (Fsp3) is 0.238. The number of nitrogens with zero attached hydrogens (tertiary/aromatic N) is 3. The van der Waals surface area contributed by atoms with Crippen molar-refractivity contribution in [2.45, 2.75) is 25.4 Å². The molecule has 138 valence electrons. The maximum atomic E-state index is 10.9. The summed E-state index contributed by atoms with van der Waals surface area (Å²) in [6, 6.07) is 11.7. The smallest absolute Gasteiger partial charge is 0.241 e. The molecule has 0 saturated carbocycles. The van der Waals surface area contributed by atoms with Crippen LogP contribution < -0.4 is 5.73 Å². The third kappa shape index (κ3) is 3.57. The highest BCUT2D eigenvalue weighted by Gasteiger charge is 2.28. The zero-order valence-corrected chi connectivity index (χ0v) is 15.0. The van der Waals surface area contributed by atoms with Gasteiger partial charge in [-0.3, -0.25) is 9.69 Å². The van der Waals surface area contributed by atoms with Crippen LogP contribution in [0.4, 0.5) is 0 Å². The molecule has 4 rings (SSSR count). The Morgan fingerprint density at radius 3 is 3.04 bits per heavy atom. The molecule has 3 N–H and O–H groups in total. The minimum absolute atomic E-state index is 0.165. The van der Waals surface area contributed by atoms with Gasteiger partial charge in [0.05, 0.1) is 11.7 Å². The Labute approximate surface area is 157 Å². The molecule has 1 unspecified atom stereocenters. The van der Waals surface area contributed by atoms with Gasteiger partial charge >= 0.3 is 0 Å². The molecule has 1 aliphatic heterocycles. The molecular formula is C21H22N4O2. The van der Waals surface area contributed by atoms with Gasteiger partial charge in [-0.2, -0.15) is 5.10 Å². The van der Waals surface area contributed by atoms with Crippen molar-refractivity contribution in [2.75, 3.05) is 6.54 Å². The van der Waals surface area contributed by atoms with Gasteiger partial charge in [-0.15, -0.1) is 0 Å². The minimum atomic E-state index is -0.506. The van der Waals surface area contributed by atoms with Crippen LogP contribution in [0.3, 0.4) is 0 Å². The molecule has 27 heavy (non-hydrogen) atoms. The van der Waals surface area contributed by atoms with Crippen molar-refractivity contribution in [3.05, 3.63) is 71.6 Å². The number of benzene rings is 1. The molecule has 0 radical (unpaired) electrons. The quantitative estimate of drug-likeness (QED) is 0.684. The summed E-state index contributed by atoms with van der Waals surface area (Å²) < 4.78 is 1.89. The highest BCUT2D eigenvalue weighted by atomic mass is 16.3. The number of likely N-dealkylation sites (tertiary alicyclic amines) is 1. The van der Waals surface area contributed by atoms with Crippen LogP contribution in [0.25, 0.3) is 11.6 Å². The van der Waals surface area contributed by atoms with Crippen LogP contribution in [0.1, 0.15) is 35.6 Å². The van der Waals surface area contributed by atoms with Crippen molar-refractivity contribution in [3.8, 4) is 5.75 Å². The van der Waals surface area contributed by atoms with Crippen molar-refractivity contribution in [1.82, 2.24) is 14.5 Å². The molecule has 1 aliphatic rings. The number of primary amides is 1. The van der Waals surface area contributed by atoms with E-state index in [2.05, 4.69) is 16.1 Å². The molecule has 1 saturated heterocycles. The van der Waals surface area contributed by atoms with Gasteiger partial charge < -0.3 is 10.8 Å². The van der Waals surface area contributed by atoms with Gasteiger partial charge in [0.15, 0.2) is 0 Å². The number of phenolic OH excluding ortho intramolecular Hbond substituents is 1. The number of rotatable bonds is 5. The number of hydrogen-bond donors (Lipinski definition) is 2. The standard InChI is InChI=1S/C21H22N4O2/c22-21(27)9-7-15-6-8-17(20(26)12-15)19-5-3-10-24(19)14-16-13-23-25-11-2-1-4-18(16)25/h1-2,4,6-9,11-13,19,26H,3,5,10,14H2,(H2,22,27)/b9-7+. The van der Waals surface area contributed by atoms with Crippen LogP contribution >= 0.6 is 0 Å². The maximum Gasteiger partial charge on any atom is 0.241 e. The summed E-state index contributed by atoms with van der Waals surface area (Å²) in [6.45, 7) is 1.78. The number of hydrogen-bond acceptors (Lipinski definition) is 4. The van der Waals surface area contributed by atoms with E-state index in [4.69, 9.17) is 5.73 Å². The molecule has 2 aromatic heterocycles.